The standard InChI is InChI=1S/C20H25FN4O4S/c1-12-9-14(21)6-7-15(12)22-20(26)17-11-16(23-24-17)13-5-8-18(29-4)19(10-13)30(27,28)25(2)3/h5-10,16-17,23-24H,11H2,1-4H3,(H,22,26). The molecule has 30 heavy (non-hydrogen) atoms. The number of rotatable bonds is 6. The molecule has 1 heterocycles. The molecule has 1 aliphatic rings. The number of amides is 1. The largest absolute Gasteiger partial charge is 0.495 e. The lowest BCUT2D eigenvalue weighted by Gasteiger charge is -2.17. The molecule has 1 saturated heterocycles. The number of hydrogen-bond donors (Lipinski definition) is 3. The van der Waals surface area contributed by atoms with Gasteiger partial charge in [-0.05, 0) is 54.8 Å². The maximum absolute atomic E-state index is 13.3. The molecule has 1 fully saturated rings. The van der Waals surface area contributed by atoms with Crippen molar-refractivity contribution in [2.24, 2.45) is 0 Å². The van der Waals surface area contributed by atoms with Crippen LogP contribution in [0.15, 0.2) is 41.3 Å². The zero-order valence-electron chi connectivity index (χ0n) is 17.2. The fourth-order valence-electron chi connectivity index (χ4n) is 3.24. The number of hydrazine groups is 1. The monoisotopic (exact) mass is 436 g/mol. The molecule has 2 unspecified atom stereocenters. The number of nitrogens with zero attached hydrogens (tertiary/aromatic N) is 1. The maximum Gasteiger partial charge on any atom is 0.246 e. The first-order chi connectivity index (χ1) is 14.1. The van der Waals surface area contributed by atoms with Crippen LogP contribution in [0.2, 0.25) is 0 Å². The number of halogens is 1. The summed E-state index contributed by atoms with van der Waals surface area (Å²) in [7, 11) is 0.619. The molecule has 2 aromatic carbocycles. The lowest BCUT2D eigenvalue weighted by molar-refractivity contribution is -0.117. The first-order valence-electron chi connectivity index (χ1n) is 9.32. The topological polar surface area (TPSA) is 99.8 Å². The predicted molar refractivity (Wildman–Crippen MR) is 111 cm³/mol. The number of nitrogens with one attached hydrogen (secondary N) is 3. The molecule has 0 bridgehead atoms. The van der Waals surface area contributed by atoms with Gasteiger partial charge in [-0.25, -0.2) is 28.0 Å². The molecule has 0 aliphatic carbocycles. The highest BCUT2D eigenvalue weighted by molar-refractivity contribution is 7.89. The van der Waals surface area contributed by atoms with Gasteiger partial charge in [0.15, 0.2) is 0 Å². The SMILES string of the molecule is COc1ccc(C2CC(C(=O)Nc3ccc(F)cc3C)NN2)cc1S(=O)(=O)N(C)C. The van der Waals surface area contributed by atoms with E-state index in [0.29, 0.717) is 23.2 Å². The summed E-state index contributed by atoms with van der Waals surface area (Å²) in [6.07, 6.45) is 0.403. The smallest absolute Gasteiger partial charge is 0.246 e. The third kappa shape index (κ3) is 4.46. The van der Waals surface area contributed by atoms with Gasteiger partial charge in [0, 0.05) is 25.8 Å². The van der Waals surface area contributed by atoms with E-state index in [0.717, 1.165) is 4.31 Å². The summed E-state index contributed by atoms with van der Waals surface area (Å²) in [6.45, 7) is 1.71. The molecule has 1 aliphatic heterocycles. The van der Waals surface area contributed by atoms with Crippen LogP contribution in [0.5, 0.6) is 5.75 Å². The van der Waals surface area contributed by atoms with Crippen molar-refractivity contribution in [3.8, 4) is 5.75 Å². The van der Waals surface area contributed by atoms with E-state index in [1.165, 1.54) is 39.4 Å². The number of hydrogen-bond acceptors (Lipinski definition) is 6. The molecule has 8 nitrogen and oxygen atoms in total. The number of benzene rings is 2. The molecule has 3 rings (SSSR count). The number of aryl methyl sites for hydroxylation is 1. The summed E-state index contributed by atoms with van der Waals surface area (Å²) in [5.74, 6) is -0.386. The third-order valence-corrected chi connectivity index (χ3v) is 6.85. The van der Waals surface area contributed by atoms with Crippen LogP contribution in [-0.2, 0) is 14.8 Å². The van der Waals surface area contributed by atoms with Crippen molar-refractivity contribution in [2.45, 2.75) is 30.3 Å². The van der Waals surface area contributed by atoms with Gasteiger partial charge < -0.3 is 10.1 Å². The summed E-state index contributed by atoms with van der Waals surface area (Å²) in [5.41, 5.74) is 7.84. The van der Waals surface area contributed by atoms with Crippen LogP contribution in [0.3, 0.4) is 0 Å². The van der Waals surface area contributed by atoms with Crippen LogP contribution in [-0.4, -0.2) is 45.9 Å². The van der Waals surface area contributed by atoms with Gasteiger partial charge in [-0.3, -0.25) is 4.79 Å². The molecule has 0 aromatic heterocycles. The van der Waals surface area contributed by atoms with Crippen molar-refractivity contribution in [2.75, 3.05) is 26.5 Å². The minimum absolute atomic E-state index is 0.0594. The van der Waals surface area contributed by atoms with Gasteiger partial charge in [-0.2, -0.15) is 0 Å². The van der Waals surface area contributed by atoms with E-state index in [1.807, 2.05) is 0 Å². The Bertz CT molecular complexity index is 1060. The lowest BCUT2D eigenvalue weighted by Crippen LogP contribution is -2.39. The summed E-state index contributed by atoms with van der Waals surface area (Å²) >= 11 is 0. The van der Waals surface area contributed by atoms with Gasteiger partial charge in [0.2, 0.25) is 15.9 Å². The van der Waals surface area contributed by atoms with Crippen LogP contribution >= 0.6 is 0 Å². The Balaban J connectivity index is 1.77. The highest BCUT2D eigenvalue weighted by Gasteiger charge is 2.32. The predicted octanol–water partition coefficient (Wildman–Crippen LogP) is 1.94. The number of anilines is 1. The second kappa shape index (κ2) is 8.68. The fourth-order valence-corrected chi connectivity index (χ4v) is 4.33. The van der Waals surface area contributed by atoms with Crippen molar-refractivity contribution in [3.63, 3.8) is 0 Å². The number of sulfonamides is 1. The molecule has 2 atom stereocenters. The van der Waals surface area contributed by atoms with Crippen LogP contribution in [0.25, 0.3) is 0 Å². The van der Waals surface area contributed by atoms with E-state index >= 15 is 0 Å². The summed E-state index contributed by atoms with van der Waals surface area (Å²) < 4.78 is 44.8. The Morgan fingerprint density at radius 3 is 2.57 bits per heavy atom. The normalized spacial score (nSPS) is 19.1. The first-order valence-corrected chi connectivity index (χ1v) is 10.8. The quantitative estimate of drug-likeness (QED) is 0.640. The molecule has 2 aromatic rings. The van der Waals surface area contributed by atoms with Gasteiger partial charge in [0.05, 0.1) is 7.11 Å². The van der Waals surface area contributed by atoms with Crippen LogP contribution in [0.1, 0.15) is 23.6 Å². The van der Waals surface area contributed by atoms with E-state index in [4.69, 9.17) is 4.74 Å². The summed E-state index contributed by atoms with van der Waals surface area (Å²) in [5, 5.41) is 2.79. The molecular weight excluding hydrogens is 411 g/mol. The van der Waals surface area contributed by atoms with Crippen molar-refractivity contribution in [1.29, 1.82) is 0 Å². The summed E-state index contributed by atoms with van der Waals surface area (Å²) in [6, 6.07) is 8.24. The van der Waals surface area contributed by atoms with Crippen molar-refractivity contribution >= 4 is 21.6 Å². The third-order valence-electron chi connectivity index (χ3n) is 5.01. The second-order valence-electron chi connectivity index (χ2n) is 7.28. The van der Waals surface area contributed by atoms with Gasteiger partial charge in [0.1, 0.15) is 22.5 Å². The van der Waals surface area contributed by atoms with Gasteiger partial charge in [0.25, 0.3) is 0 Å². The first kappa shape index (κ1) is 22.2. The minimum Gasteiger partial charge on any atom is -0.495 e. The summed E-state index contributed by atoms with van der Waals surface area (Å²) in [4.78, 5) is 12.7. The number of carbonyl (C=O) groups excluding carboxylic acids is 1. The van der Waals surface area contributed by atoms with Crippen molar-refractivity contribution in [1.82, 2.24) is 15.2 Å². The molecular formula is C20H25FN4O4S. The van der Waals surface area contributed by atoms with E-state index in [2.05, 4.69) is 16.2 Å². The van der Waals surface area contributed by atoms with E-state index in [1.54, 1.807) is 25.1 Å². The average molecular weight is 437 g/mol. The number of carbonyl (C=O) groups is 1. The Labute approximate surface area is 175 Å². The molecule has 10 heteroatoms. The fraction of sp³-hybridized carbons (Fsp3) is 0.350. The molecule has 0 radical (unpaired) electrons. The Morgan fingerprint density at radius 1 is 1.20 bits per heavy atom. The average Bonchev–Trinajstić information content (AvgIpc) is 3.19. The van der Waals surface area contributed by atoms with Crippen molar-refractivity contribution in [3.05, 3.63) is 53.3 Å². The highest BCUT2D eigenvalue weighted by atomic mass is 32.2. The zero-order chi connectivity index (χ0) is 22.1. The van der Waals surface area contributed by atoms with Crippen molar-refractivity contribution < 1.29 is 22.3 Å². The van der Waals surface area contributed by atoms with E-state index in [9.17, 15) is 17.6 Å². The highest BCUT2D eigenvalue weighted by Crippen LogP contribution is 2.31. The Hall–Kier alpha value is -2.53. The van der Waals surface area contributed by atoms with Gasteiger partial charge in [-0.1, -0.05) is 6.07 Å². The second-order valence-corrected chi connectivity index (χ2v) is 9.40. The molecule has 0 spiro atoms. The van der Waals surface area contributed by atoms with Crippen LogP contribution in [0.4, 0.5) is 10.1 Å². The van der Waals surface area contributed by atoms with Crippen LogP contribution < -0.4 is 20.9 Å². The maximum atomic E-state index is 13.3. The zero-order valence-corrected chi connectivity index (χ0v) is 18.0. The Kier molecular flexibility index (Phi) is 6.41. The minimum atomic E-state index is -3.70. The number of methoxy groups -OCH3 is 1. The van der Waals surface area contributed by atoms with E-state index in [-0.39, 0.29) is 28.4 Å². The molecule has 0 saturated carbocycles. The van der Waals surface area contributed by atoms with Gasteiger partial charge in [-0.15, -0.1) is 0 Å². The molecule has 3 N–H and O–H groups in total. The van der Waals surface area contributed by atoms with E-state index < -0.39 is 16.1 Å². The number of ether oxygens (including phenoxy) is 1. The Morgan fingerprint density at radius 2 is 1.93 bits per heavy atom. The lowest BCUT2D eigenvalue weighted by atomic mass is 10.0. The van der Waals surface area contributed by atoms with Gasteiger partial charge >= 0.3 is 0 Å². The molecule has 162 valence electrons. The molecule has 1 amide bonds. The van der Waals surface area contributed by atoms with Crippen LogP contribution in [0, 0.1) is 12.7 Å².